The van der Waals surface area contributed by atoms with Crippen molar-refractivity contribution in [2.45, 2.75) is 50.9 Å². The molecule has 3 unspecified atom stereocenters. The Hall–Kier alpha value is -0.980. The van der Waals surface area contributed by atoms with Crippen molar-refractivity contribution >= 4 is 0 Å². The van der Waals surface area contributed by atoms with Crippen LogP contribution >= 0.6 is 0 Å². The van der Waals surface area contributed by atoms with Gasteiger partial charge in [0, 0.05) is 31.6 Å². The van der Waals surface area contributed by atoms with E-state index in [-0.39, 0.29) is 12.1 Å². The highest BCUT2D eigenvalue weighted by atomic mass is 16.5. The molecule has 2 N–H and O–H groups in total. The number of ether oxygens (including phenoxy) is 1. The van der Waals surface area contributed by atoms with Crippen LogP contribution in [0.25, 0.3) is 0 Å². The van der Waals surface area contributed by atoms with Crippen LogP contribution in [0.2, 0.25) is 0 Å². The van der Waals surface area contributed by atoms with Gasteiger partial charge in [-0.05, 0) is 26.3 Å². The monoisotopic (exact) mass is 265 g/mol. The first-order valence-corrected chi connectivity index (χ1v) is 7.26. The smallest absolute Gasteiger partial charge is 0.138 e. The zero-order valence-electron chi connectivity index (χ0n) is 11.5. The first-order chi connectivity index (χ1) is 9.28. The molecule has 0 amide bonds. The molecule has 1 aromatic rings. The molecule has 3 rings (SSSR count). The van der Waals surface area contributed by atoms with Gasteiger partial charge in [0.15, 0.2) is 0 Å². The van der Waals surface area contributed by atoms with Gasteiger partial charge in [-0.3, -0.25) is 9.58 Å². The second-order valence-corrected chi connectivity index (χ2v) is 5.52. The zero-order valence-corrected chi connectivity index (χ0v) is 11.5. The molecule has 0 aromatic carbocycles. The number of morpholine rings is 1. The lowest BCUT2D eigenvalue weighted by molar-refractivity contribution is -0.0592. The number of aryl methyl sites for hydroxylation is 1. The molecule has 106 valence electrons. The Morgan fingerprint density at radius 3 is 3.32 bits per heavy atom. The summed E-state index contributed by atoms with van der Waals surface area (Å²) < 4.78 is 7.86. The van der Waals surface area contributed by atoms with Gasteiger partial charge in [0.25, 0.3) is 0 Å². The van der Waals surface area contributed by atoms with Gasteiger partial charge in [-0.15, -0.1) is 0 Å². The van der Waals surface area contributed by atoms with Crippen molar-refractivity contribution in [1.29, 1.82) is 0 Å². The minimum Gasteiger partial charge on any atom is -0.374 e. The Labute approximate surface area is 113 Å². The third-order valence-corrected chi connectivity index (χ3v) is 4.31. The van der Waals surface area contributed by atoms with Crippen LogP contribution < -0.4 is 5.73 Å². The number of aromatic nitrogens is 3. The zero-order chi connectivity index (χ0) is 13.2. The van der Waals surface area contributed by atoms with Crippen LogP contribution in [0, 0.1) is 0 Å². The van der Waals surface area contributed by atoms with Gasteiger partial charge < -0.3 is 10.5 Å². The standard InChI is InChI=1S/C13H23N5O/c1-2-18-13(15-9-16-18)6-11(14)12-7-17-5-3-4-10(17)8-19-12/h9-12H,2-8,14H2,1H3. The summed E-state index contributed by atoms with van der Waals surface area (Å²) in [5, 5.41) is 4.18. The van der Waals surface area contributed by atoms with Gasteiger partial charge >= 0.3 is 0 Å². The van der Waals surface area contributed by atoms with Gasteiger partial charge in [0.05, 0.1) is 12.7 Å². The van der Waals surface area contributed by atoms with Crippen molar-refractivity contribution in [2.24, 2.45) is 5.73 Å². The molecule has 0 radical (unpaired) electrons. The van der Waals surface area contributed by atoms with E-state index in [9.17, 15) is 0 Å². The summed E-state index contributed by atoms with van der Waals surface area (Å²) >= 11 is 0. The molecule has 1 aromatic heterocycles. The molecule has 3 atom stereocenters. The molecular weight excluding hydrogens is 242 g/mol. The quantitative estimate of drug-likeness (QED) is 0.832. The lowest BCUT2D eigenvalue weighted by Gasteiger charge is -2.37. The van der Waals surface area contributed by atoms with Crippen LogP contribution in [-0.4, -0.2) is 57.5 Å². The summed E-state index contributed by atoms with van der Waals surface area (Å²) in [7, 11) is 0. The minimum absolute atomic E-state index is 0.00366. The molecular formula is C13H23N5O. The average molecular weight is 265 g/mol. The van der Waals surface area contributed by atoms with E-state index < -0.39 is 0 Å². The molecule has 0 bridgehead atoms. The van der Waals surface area contributed by atoms with Crippen LogP contribution in [0.3, 0.4) is 0 Å². The Morgan fingerprint density at radius 1 is 1.58 bits per heavy atom. The highest BCUT2D eigenvalue weighted by Crippen LogP contribution is 2.23. The van der Waals surface area contributed by atoms with Gasteiger partial charge in [0.2, 0.25) is 0 Å². The molecule has 2 fully saturated rings. The molecule has 0 spiro atoms. The van der Waals surface area contributed by atoms with E-state index in [2.05, 4.69) is 21.9 Å². The first kappa shape index (κ1) is 13.0. The summed E-state index contributed by atoms with van der Waals surface area (Å²) in [6.45, 7) is 5.89. The number of nitrogens with zero attached hydrogens (tertiary/aromatic N) is 4. The maximum absolute atomic E-state index is 6.31. The van der Waals surface area contributed by atoms with E-state index in [1.54, 1.807) is 6.33 Å². The molecule has 0 aliphatic carbocycles. The molecule has 19 heavy (non-hydrogen) atoms. The van der Waals surface area contributed by atoms with E-state index in [1.165, 1.54) is 19.4 Å². The van der Waals surface area contributed by atoms with E-state index in [0.717, 1.165) is 31.9 Å². The average Bonchev–Trinajstić information content (AvgIpc) is 3.05. The third-order valence-electron chi connectivity index (χ3n) is 4.31. The van der Waals surface area contributed by atoms with Crippen molar-refractivity contribution in [2.75, 3.05) is 19.7 Å². The van der Waals surface area contributed by atoms with Crippen molar-refractivity contribution < 1.29 is 4.74 Å². The maximum atomic E-state index is 6.31. The molecule has 2 saturated heterocycles. The van der Waals surface area contributed by atoms with E-state index >= 15 is 0 Å². The fourth-order valence-electron chi connectivity index (χ4n) is 3.15. The van der Waals surface area contributed by atoms with Crippen LogP contribution in [0.5, 0.6) is 0 Å². The lowest BCUT2D eigenvalue weighted by atomic mass is 10.0. The SMILES string of the molecule is CCn1ncnc1CC(N)C1CN2CCCC2CO1. The Morgan fingerprint density at radius 2 is 2.47 bits per heavy atom. The van der Waals surface area contributed by atoms with E-state index in [4.69, 9.17) is 10.5 Å². The van der Waals surface area contributed by atoms with Crippen LogP contribution in [0.4, 0.5) is 0 Å². The Bertz CT molecular complexity index is 421. The summed E-state index contributed by atoms with van der Waals surface area (Å²) in [4.78, 5) is 6.82. The predicted octanol–water partition coefficient (Wildman–Crippen LogP) is 0.0310. The summed E-state index contributed by atoms with van der Waals surface area (Å²) in [5.74, 6) is 0.960. The van der Waals surface area contributed by atoms with Gasteiger partial charge in [-0.25, -0.2) is 4.98 Å². The number of fused-ring (bicyclic) bond motifs is 1. The van der Waals surface area contributed by atoms with Crippen LogP contribution in [-0.2, 0) is 17.7 Å². The summed E-state index contributed by atoms with van der Waals surface area (Å²) in [6.07, 6.45) is 5.02. The fourth-order valence-corrected chi connectivity index (χ4v) is 3.15. The number of nitrogens with two attached hydrogens (primary N) is 1. The molecule has 6 heteroatoms. The fraction of sp³-hybridized carbons (Fsp3) is 0.846. The molecule has 3 heterocycles. The molecule has 2 aliphatic heterocycles. The maximum Gasteiger partial charge on any atom is 0.138 e. The van der Waals surface area contributed by atoms with E-state index in [0.29, 0.717) is 6.04 Å². The first-order valence-electron chi connectivity index (χ1n) is 7.26. The van der Waals surface area contributed by atoms with Crippen LogP contribution in [0.1, 0.15) is 25.6 Å². The molecule has 2 aliphatic rings. The van der Waals surface area contributed by atoms with Crippen molar-refractivity contribution in [3.8, 4) is 0 Å². The normalized spacial score (nSPS) is 29.4. The predicted molar refractivity (Wildman–Crippen MR) is 71.7 cm³/mol. The minimum atomic E-state index is -0.00366. The summed E-state index contributed by atoms with van der Waals surface area (Å²) in [5.41, 5.74) is 6.31. The van der Waals surface area contributed by atoms with Crippen molar-refractivity contribution in [3.63, 3.8) is 0 Å². The lowest BCUT2D eigenvalue weighted by Crippen LogP contribution is -2.53. The highest BCUT2D eigenvalue weighted by molar-refractivity contribution is 4.95. The largest absolute Gasteiger partial charge is 0.374 e. The Kier molecular flexibility index (Phi) is 3.81. The third kappa shape index (κ3) is 2.66. The topological polar surface area (TPSA) is 69.2 Å². The molecule has 0 saturated carbocycles. The van der Waals surface area contributed by atoms with Gasteiger partial charge in [0.1, 0.15) is 12.2 Å². The van der Waals surface area contributed by atoms with E-state index in [1.807, 2.05) is 4.68 Å². The molecule has 6 nitrogen and oxygen atoms in total. The van der Waals surface area contributed by atoms with Crippen molar-refractivity contribution in [3.05, 3.63) is 12.2 Å². The van der Waals surface area contributed by atoms with Gasteiger partial charge in [-0.2, -0.15) is 5.10 Å². The highest BCUT2D eigenvalue weighted by Gasteiger charge is 2.34. The Balaban J connectivity index is 1.59. The second kappa shape index (κ2) is 5.56. The second-order valence-electron chi connectivity index (χ2n) is 5.52. The number of hydrogen-bond donors (Lipinski definition) is 1. The van der Waals surface area contributed by atoms with Crippen LogP contribution in [0.15, 0.2) is 6.33 Å². The van der Waals surface area contributed by atoms with Gasteiger partial charge in [-0.1, -0.05) is 0 Å². The van der Waals surface area contributed by atoms with Crippen molar-refractivity contribution in [1.82, 2.24) is 19.7 Å². The number of hydrogen-bond acceptors (Lipinski definition) is 5. The number of rotatable bonds is 4. The summed E-state index contributed by atoms with van der Waals surface area (Å²) in [6, 6.07) is 0.624.